The van der Waals surface area contributed by atoms with Gasteiger partial charge in [-0.3, -0.25) is 4.79 Å². The van der Waals surface area contributed by atoms with Gasteiger partial charge in [0, 0.05) is 25.8 Å². The van der Waals surface area contributed by atoms with Crippen LogP contribution in [0.3, 0.4) is 0 Å². The van der Waals surface area contributed by atoms with Gasteiger partial charge < -0.3 is 19.5 Å². The first kappa shape index (κ1) is 22.7. The van der Waals surface area contributed by atoms with E-state index in [1.165, 1.54) is 26.4 Å². The number of halogens is 3. The number of nitrogens with one attached hydrogen (secondary N) is 1. The summed E-state index contributed by atoms with van der Waals surface area (Å²) in [6, 6.07) is 8.33. The molecule has 0 aromatic heterocycles. The van der Waals surface area contributed by atoms with Gasteiger partial charge in [0.2, 0.25) is 0 Å². The maximum absolute atomic E-state index is 12.9. The van der Waals surface area contributed by atoms with Crippen molar-refractivity contribution >= 4 is 5.97 Å². The molecule has 0 aliphatic heterocycles. The molecule has 0 saturated carbocycles. The van der Waals surface area contributed by atoms with Crippen molar-refractivity contribution in [2.75, 3.05) is 34.5 Å². The fraction of sp³-hybridized carbons (Fsp3) is 0.381. The monoisotopic (exact) mass is 411 g/mol. The van der Waals surface area contributed by atoms with Gasteiger partial charge in [0.1, 0.15) is 5.75 Å². The van der Waals surface area contributed by atoms with E-state index in [0.29, 0.717) is 42.1 Å². The van der Waals surface area contributed by atoms with Gasteiger partial charge in [-0.25, -0.2) is 0 Å². The zero-order valence-electron chi connectivity index (χ0n) is 16.6. The lowest BCUT2D eigenvalue weighted by atomic mass is 9.92. The lowest BCUT2D eigenvalue weighted by Gasteiger charge is -2.19. The number of benzene rings is 2. The second-order valence-electron chi connectivity index (χ2n) is 6.28. The molecule has 0 aliphatic rings. The van der Waals surface area contributed by atoms with Crippen LogP contribution in [-0.4, -0.2) is 40.5 Å². The van der Waals surface area contributed by atoms with E-state index in [1.54, 1.807) is 19.2 Å². The first-order valence-corrected chi connectivity index (χ1v) is 8.94. The Balaban J connectivity index is 2.53. The Kier molecular flexibility index (Phi) is 8.04. The quantitative estimate of drug-likeness (QED) is 0.502. The average Bonchev–Trinajstić information content (AvgIpc) is 2.71. The van der Waals surface area contributed by atoms with Crippen LogP contribution in [0, 0.1) is 0 Å². The van der Waals surface area contributed by atoms with E-state index in [0.717, 1.165) is 17.7 Å². The van der Waals surface area contributed by atoms with Gasteiger partial charge in [-0.2, -0.15) is 13.2 Å². The number of esters is 1. The SMILES string of the molecule is COCCNCc1c(CC(=O)OC)ccc(OC)c1-c1ccc(C(F)(F)F)cc1. The fourth-order valence-electron chi connectivity index (χ4n) is 2.96. The molecule has 0 saturated heterocycles. The molecule has 0 heterocycles. The van der Waals surface area contributed by atoms with Crippen LogP contribution < -0.4 is 10.1 Å². The normalized spacial score (nSPS) is 11.4. The van der Waals surface area contributed by atoms with Crippen LogP contribution >= 0.6 is 0 Å². The Bertz CT molecular complexity index is 820. The minimum atomic E-state index is -4.42. The molecule has 2 rings (SSSR count). The van der Waals surface area contributed by atoms with Crippen LogP contribution in [0.15, 0.2) is 36.4 Å². The number of hydrogen-bond donors (Lipinski definition) is 1. The van der Waals surface area contributed by atoms with Crippen LogP contribution in [0.2, 0.25) is 0 Å². The zero-order valence-corrected chi connectivity index (χ0v) is 16.6. The van der Waals surface area contributed by atoms with Crippen LogP contribution in [-0.2, 0) is 33.4 Å². The molecule has 29 heavy (non-hydrogen) atoms. The van der Waals surface area contributed by atoms with Crippen molar-refractivity contribution in [2.45, 2.75) is 19.1 Å². The molecule has 1 N–H and O–H groups in total. The number of hydrogen-bond acceptors (Lipinski definition) is 5. The minimum Gasteiger partial charge on any atom is -0.496 e. The molecule has 0 spiro atoms. The Morgan fingerprint density at radius 2 is 1.72 bits per heavy atom. The average molecular weight is 411 g/mol. The number of carbonyl (C=O) groups excluding carboxylic acids is 1. The van der Waals surface area contributed by atoms with Crippen LogP contribution in [0.4, 0.5) is 13.2 Å². The van der Waals surface area contributed by atoms with Gasteiger partial charge in [-0.1, -0.05) is 18.2 Å². The topological polar surface area (TPSA) is 56.8 Å². The van der Waals surface area contributed by atoms with Crippen molar-refractivity contribution in [1.29, 1.82) is 0 Å². The number of rotatable bonds is 9. The molecule has 2 aromatic carbocycles. The molecule has 158 valence electrons. The van der Waals surface area contributed by atoms with Crippen molar-refractivity contribution in [3.05, 3.63) is 53.1 Å². The maximum atomic E-state index is 12.9. The van der Waals surface area contributed by atoms with E-state index >= 15 is 0 Å². The second-order valence-corrected chi connectivity index (χ2v) is 6.28. The molecule has 2 aromatic rings. The van der Waals surface area contributed by atoms with Crippen molar-refractivity contribution < 1.29 is 32.2 Å². The molecular formula is C21H24F3NO4. The predicted molar refractivity (Wildman–Crippen MR) is 103 cm³/mol. The molecule has 0 aliphatic carbocycles. The highest BCUT2D eigenvalue weighted by molar-refractivity contribution is 5.79. The molecule has 0 atom stereocenters. The third kappa shape index (κ3) is 5.95. The van der Waals surface area contributed by atoms with E-state index in [-0.39, 0.29) is 6.42 Å². The van der Waals surface area contributed by atoms with Crippen LogP contribution in [0.1, 0.15) is 16.7 Å². The van der Waals surface area contributed by atoms with Crippen molar-refractivity contribution in [2.24, 2.45) is 0 Å². The number of ether oxygens (including phenoxy) is 3. The molecule has 0 unspecified atom stereocenters. The highest BCUT2D eigenvalue weighted by Crippen LogP contribution is 2.37. The van der Waals surface area contributed by atoms with Gasteiger partial charge in [0.05, 0.1) is 32.8 Å². The summed E-state index contributed by atoms with van der Waals surface area (Å²) in [7, 11) is 4.38. The lowest BCUT2D eigenvalue weighted by Crippen LogP contribution is -2.21. The maximum Gasteiger partial charge on any atom is 0.416 e. The third-order valence-corrected chi connectivity index (χ3v) is 4.44. The highest BCUT2D eigenvalue weighted by atomic mass is 19.4. The molecular weight excluding hydrogens is 387 g/mol. The van der Waals surface area contributed by atoms with Gasteiger partial charge in [0.15, 0.2) is 0 Å². The Hall–Kier alpha value is -2.58. The summed E-state index contributed by atoms with van der Waals surface area (Å²) in [4.78, 5) is 11.8. The number of methoxy groups -OCH3 is 3. The lowest BCUT2D eigenvalue weighted by molar-refractivity contribution is -0.140. The van der Waals surface area contributed by atoms with Gasteiger partial charge in [-0.05, 0) is 34.9 Å². The van der Waals surface area contributed by atoms with Gasteiger partial charge in [0.25, 0.3) is 0 Å². The first-order valence-electron chi connectivity index (χ1n) is 8.94. The van der Waals surface area contributed by atoms with E-state index < -0.39 is 17.7 Å². The largest absolute Gasteiger partial charge is 0.496 e. The molecule has 0 radical (unpaired) electrons. The van der Waals surface area contributed by atoms with Crippen LogP contribution in [0.5, 0.6) is 5.75 Å². The summed E-state index contributed by atoms with van der Waals surface area (Å²) >= 11 is 0. The molecule has 5 nitrogen and oxygen atoms in total. The summed E-state index contributed by atoms with van der Waals surface area (Å²) in [5, 5.41) is 3.22. The van der Waals surface area contributed by atoms with Crippen molar-refractivity contribution in [3.8, 4) is 16.9 Å². The van der Waals surface area contributed by atoms with Gasteiger partial charge in [-0.15, -0.1) is 0 Å². The van der Waals surface area contributed by atoms with E-state index in [9.17, 15) is 18.0 Å². The Morgan fingerprint density at radius 1 is 1.03 bits per heavy atom. The van der Waals surface area contributed by atoms with E-state index in [4.69, 9.17) is 14.2 Å². The summed E-state index contributed by atoms with van der Waals surface area (Å²) in [6.45, 7) is 1.44. The molecule has 0 bridgehead atoms. The third-order valence-electron chi connectivity index (χ3n) is 4.44. The summed E-state index contributed by atoms with van der Waals surface area (Å²) in [5.74, 6) is 0.0913. The second kappa shape index (κ2) is 10.3. The summed E-state index contributed by atoms with van der Waals surface area (Å²) < 4.78 is 54.1. The molecule has 0 amide bonds. The zero-order chi connectivity index (χ0) is 21.4. The number of alkyl halides is 3. The van der Waals surface area contributed by atoms with Crippen LogP contribution in [0.25, 0.3) is 11.1 Å². The Labute approximate surface area is 167 Å². The summed E-state index contributed by atoms with van der Waals surface area (Å²) in [5.41, 5.74) is 1.92. The standard InChI is InChI=1S/C21H24F3NO4/c1-27-11-10-25-13-17-15(12-19(26)29-3)6-9-18(28-2)20(17)14-4-7-16(8-5-14)21(22,23)24/h4-9,25H,10-13H2,1-3H3. The van der Waals surface area contributed by atoms with Crippen molar-refractivity contribution in [3.63, 3.8) is 0 Å². The fourth-order valence-corrected chi connectivity index (χ4v) is 2.96. The van der Waals surface area contributed by atoms with E-state index in [1.807, 2.05) is 0 Å². The van der Waals surface area contributed by atoms with Gasteiger partial charge >= 0.3 is 12.1 Å². The molecule has 8 heteroatoms. The highest BCUT2D eigenvalue weighted by Gasteiger charge is 2.30. The minimum absolute atomic E-state index is 0.0371. The van der Waals surface area contributed by atoms with Crippen molar-refractivity contribution in [1.82, 2.24) is 5.32 Å². The summed E-state index contributed by atoms with van der Waals surface area (Å²) in [6.07, 6.45) is -4.38. The first-order chi connectivity index (χ1) is 13.8. The Morgan fingerprint density at radius 3 is 2.28 bits per heavy atom. The predicted octanol–water partition coefficient (Wildman–Crippen LogP) is 3.83. The smallest absolute Gasteiger partial charge is 0.416 e. The number of carbonyl (C=O) groups is 1. The van der Waals surface area contributed by atoms with E-state index in [2.05, 4.69) is 5.32 Å². The molecule has 0 fully saturated rings.